The van der Waals surface area contributed by atoms with Gasteiger partial charge in [0.05, 0.1) is 16.7 Å². The van der Waals surface area contributed by atoms with Crippen LogP contribution in [-0.4, -0.2) is 11.3 Å². The van der Waals surface area contributed by atoms with Gasteiger partial charge in [-0.05, 0) is 211 Å². The number of rotatable bonds is 5. The standard InChI is InChI=1S/C90H60BN3/c1-89(2)72-28-13-11-24-67(72)71-50-63(41-42-74(71)89)93-77-44-38-61(60-34-32-54-18-6-8-20-58(54)48-60)49-76(77)91-87-81(51-64(52-82(87)93)94-78-30-16-27-69-66-23-10-9-22-65(66)68-26-15-21-56-37-45-79(94)86(83(56)68)85(69)78)92(62-39-35-55(36-40-62)59-33-31-53-17-5-7-19-57(53)47-59)80-46-43-75-84(88(80)91)70-25-12-14-29-73(70)90(75,3)4/h5-52H,1-4H3. The summed E-state index contributed by atoms with van der Waals surface area (Å²) in [5.41, 5.74) is 34.6. The molecule has 4 heteroatoms. The van der Waals surface area contributed by atoms with Crippen LogP contribution in [-0.2, 0) is 10.8 Å². The Bertz CT molecular complexity index is 6080. The van der Waals surface area contributed by atoms with Crippen LogP contribution in [0.4, 0.5) is 34.1 Å². The zero-order valence-electron chi connectivity index (χ0n) is 52.6. The van der Waals surface area contributed by atoms with Crippen molar-refractivity contribution in [3.63, 3.8) is 0 Å². The van der Waals surface area contributed by atoms with E-state index in [0.717, 1.165) is 17.1 Å². The molecule has 0 radical (unpaired) electrons. The van der Waals surface area contributed by atoms with Gasteiger partial charge in [0.2, 0.25) is 0 Å². The van der Waals surface area contributed by atoms with E-state index in [-0.39, 0.29) is 17.5 Å². The molecular weight excluding hydrogens is 1130 g/mol. The topological polar surface area (TPSA) is 11.4 Å². The second-order valence-electron chi connectivity index (χ2n) is 27.9. The molecule has 0 spiro atoms. The van der Waals surface area contributed by atoms with E-state index in [1.165, 1.54) is 182 Å². The van der Waals surface area contributed by atoms with Crippen LogP contribution < -0.4 is 26.2 Å². The Balaban J connectivity index is 0.905. The van der Waals surface area contributed by atoms with Gasteiger partial charge in [-0.3, -0.25) is 0 Å². The molecule has 94 heavy (non-hydrogen) atoms. The van der Waals surface area contributed by atoms with E-state index < -0.39 is 0 Å². The number of aromatic nitrogens is 1. The summed E-state index contributed by atoms with van der Waals surface area (Å²) < 4.78 is 2.61. The lowest BCUT2D eigenvalue weighted by Crippen LogP contribution is -2.62. The van der Waals surface area contributed by atoms with Gasteiger partial charge in [0.15, 0.2) is 0 Å². The summed E-state index contributed by atoms with van der Waals surface area (Å²) in [5, 5.41) is 10.1. The van der Waals surface area contributed by atoms with Gasteiger partial charge in [-0.25, -0.2) is 0 Å². The molecule has 3 heterocycles. The molecule has 21 rings (SSSR count). The summed E-state index contributed by atoms with van der Waals surface area (Å²) in [5.74, 6) is 0. The molecule has 1 aromatic heterocycles. The van der Waals surface area contributed by atoms with Gasteiger partial charge >= 0.3 is 0 Å². The van der Waals surface area contributed by atoms with E-state index in [0.29, 0.717) is 0 Å². The van der Waals surface area contributed by atoms with E-state index in [9.17, 15) is 0 Å². The van der Waals surface area contributed by atoms with E-state index in [1.807, 2.05) is 0 Å². The van der Waals surface area contributed by atoms with E-state index in [4.69, 9.17) is 0 Å². The minimum atomic E-state index is -0.242. The molecule has 0 saturated carbocycles. The van der Waals surface area contributed by atoms with Gasteiger partial charge in [-0.1, -0.05) is 246 Å². The monoisotopic (exact) mass is 1190 g/mol. The molecule has 16 aromatic rings. The number of benzene rings is 15. The summed E-state index contributed by atoms with van der Waals surface area (Å²) in [6.07, 6.45) is 0. The lowest BCUT2D eigenvalue weighted by Gasteiger charge is -2.45. The first-order valence-corrected chi connectivity index (χ1v) is 33.3. The highest BCUT2D eigenvalue weighted by Gasteiger charge is 2.49. The lowest BCUT2D eigenvalue weighted by atomic mass is 9.32. The molecule has 0 fully saturated rings. The van der Waals surface area contributed by atoms with Crippen LogP contribution in [0.3, 0.4) is 0 Å². The summed E-state index contributed by atoms with van der Waals surface area (Å²) >= 11 is 0. The maximum Gasteiger partial charge on any atom is 0.252 e. The van der Waals surface area contributed by atoms with Crippen molar-refractivity contribution in [2.24, 2.45) is 0 Å². The van der Waals surface area contributed by atoms with E-state index in [2.05, 4.69) is 333 Å². The highest BCUT2D eigenvalue weighted by molar-refractivity contribution is 7.01. The molecule has 0 unspecified atom stereocenters. The number of anilines is 6. The Morgan fingerprint density at radius 1 is 0.266 bits per heavy atom. The van der Waals surface area contributed by atoms with Gasteiger partial charge in [0.1, 0.15) is 0 Å². The SMILES string of the molecule is CC1(C)c2ccccc2-c2cc(N3c4ccc(-c5ccc6ccccc6c5)cc4B4c5c3cc(-n3c6cccc7c6c6c8c(cccc8ccc63)-c3ccccc3-7)cc5N(c3ccc(-c5ccc6ccccc6c5)cc3)c3ccc5c(c34)-c3ccccc3C5(C)C)ccc21. The van der Waals surface area contributed by atoms with Crippen LogP contribution in [0.1, 0.15) is 49.9 Å². The smallest absolute Gasteiger partial charge is 0.252 e. The van der Waals surface area contributed by atoms with Crippen LogP contribution in [0.15, 0.2) is 291 Å². The van der Waals surface area contributed by atoms with E-state index in [1.54, 1.807) is 0 Å². The predicted molar refractivity (Wildman–Crippen MR) is 398 cm³/mol. The lowest BCUT2D eigenvalue weighted by molar-refractivity contribution is 0.660. The first-order chi connectivity index (χ1) is 46.1. The number of hydrogen-bond donors (Lipinski definition) is 0. The zero-order chi connectivity index (χ0) is 62.0. The Labute approximate surface area is 546 Å². The van der Waals surface area contributed by atoms with E-state index >= 15 is 0 Å². The molecule has 3 aliphatic carbocycles. The summed E-state index contributed by atoms with van der Waals surface area (Å²) in [7, 11) is 0. The molecule has 0 bridgehead atoms. The summed E-state index contributed by atoms with van der Waals surface area (Å²) in [6.45, 7) is 9.48. The van der Waals surface area contributed by atoms with Gasteiger partial charge in [0.25, 0.3) is 6.71 Å². The fourth-order valence-electron chi connectivity index (χ4n) is 18.1. The number of nitrogens with zero attached hydrogens (tertiary/aromatic N) is 3. The van der Waals surface area contributed by atoms with Crippen LogP contribution in [0, 0.1) is 0 Å². The second kappa shape index (κ2) is 18.6. The molecule has 15 aromatic carbocycles. The summed E-state index contributed by atoms with van der Waals surface area (Å²) in [6, 6.07) is 112. The van der Waals surface area contributed by atoms with Crippen molar-refractivity contribution in [1.29, 1.82) is 0 Å². The molecule has 2 aliphatic heterocycles. The first kappa shape index (κ1) is 52.2. The zero-order valence-corrected chi connectivity index (χ0v) is 52.6. The largest absolute Gasteiger partial charge is 0.311 e. The van der Waals surface area contributed by atoms with Crippen LogP contribution in [0.25, 0.3) is 127 Å². The Morgan fingerprint density at radius 3 is 1.48 bits per heavy atom. The fourth-order valence-corrected chi connectivity index (χ4v) is 18.1. The highest BCUT2D eigenvalue weighted by Crippen LogP contribution is 2.57. The Kier molecular flexibility index (Phi) is 10.3. The molecule has 0 saturated heterocycles. The average Bonchev–Trinajstić information content (AvgIpc) is 1.21. The van der Waals surface area contributed by atoms with Crippen molar-refractivity contribution in [3.8, 4) is 72.4 Å². The fraction of sp³-hybridized carbons (Fsp3) is 0.0667. The first-order valence-electron chi connectivity index (χ1n) is 33.3. The van der Waals surface area contributed by atoms with Crippen molar-refractivity contribution < 1.29 is 0 Å². The van der Waals surface area contributed by atoms with Gasteiger partial charge in [0, 0.05) is 55.7 Å². The van der Waals surface area contributed by atoms with Crippen LogP contribution in [0.5, 0.6) is 0 Å². The van der Waals surface area contributed by atoms with Gasteiger partial charge in [-0.15, -0.1) is 0 Å². The van der Waals surface area contributed by atoms with Crippen molar-refractivity contribution in [2.45, 2.75) is 38.5 Å². The quantitative estimate of drug-likeness (QED) is 0.159. The normalized spacial score (nSPS) is 14.5. The van der Waals surface area contributed by atoms with Crippen molar-refractivity contribution in [1.82, 2.24) is 4.57 Å². The number of hydrogen-bond acceptors (Lipinski definition) is 2. The maximum absolute atomic E-state index is 2.66. The van der Waals surface area contributed by atoms with Crippen LogP contribution >= 0.6 is 0 Å². The third kappa shape index (κ3) is 6.91. The summed E-state index contributed by atoms with van der Waals surface area (Å²) in [4.78, 5) is 5.31. The molecule has 5 aliphatic rings. The average molecular weight is 1190 g/mol. The molecule has 0 atom stereocenters. The van der Waals surface area contributed by atoms with Crippen LogP contribution in [0.2, 0.25) is 0 Å². The van der Waals surface area contributed by atoms with Crippen molar-refractivity contribution in [3.05, 3.63) is 313 Å². The Morgan fingerprint density at radius 2 is 0.755 bits per heavy atom. The molecule has 0 N–H and O–H groups in total. The third-order valence-electron chi connectivity index (χ3n) is 22.4. The highest BCUT2D eigenvalue weighted by atomic mass is 15.2. The minimum absolute atomic E-state index is 0.162. The predicted octanol–water partition coefficient (Wildman–Crippen LogP) is 21.9. The van der Waals surface area contributed by atoms with Crippen molar-refractivity contribution >= 4 is 111 Å². The molecule has 0 amide bonds. The Hall–Kier alpha value is -11.5. The third-order valence-corrected chi connectivity index (χ3v) is 22.4. The molecule has 3 nitrogen and oxygen atoms in total. The minimum Gasteiger partial charge on any atom is -0.311 e. The van der Waals surface area contributed by atoms with Gasteiger partial charge < -0.3 is 14.4 Å². The maximum atomic E-state index is 2.66. The molecular formula is C90H60BN3. The van der Waals surface area contributed by atoms with Crippen molar-refractivity contribution in [2.75, 3.05) is 9.80 Å². The number of fused-ring (bicyclic) bond motifs is 16. The van der Waals surface area contributed by atoms with Gasteiger partial charge in [-0.2, -0.15) is 0 Å². The second-order valence-corrected chi connectivity index (χ2v) is 27.9. The molecule has 438 valence electrons.